The lowest BCUT2D eigenvalue weighted by atomic mass is 9.93. The number of hydrogen-bond donors (Lipinski definition) is 0. The van der Waals surface area contributed by atoms with Gasteiger partial charge in [0.2, 0.25) is 0 Å². The van der Waals surface area contributed by atoms with Crippen LogP contribution in [0.25, 0.3) is 5.78 Å². The highest BCUT2D eigenvalue weighted by Gasteiger charge is 2.29. The SMILES string of the molecule is O=C(c1ccc2c(c1)OCCO2)N1CCCC(c2cc(C(F)F)n3ncnc3n2)C1. The highest BCUT2D eigenvalue weighted by molar-refractivity contribution is 5.95. The van der Waals surface area contributed by atoms with E-state index in [0.29, 0.717) is 49.1 Å². The van der Waals surface area contributed by atoms with Crippen molar-refractivity contribution in [3.05, 3.63) is 47.5 Å². The number of fused-ring (bicyclic) bond motifs is 2. The predicted molar refractivity (Wildman–Crippen MR) is 101 cm³/mol. The Hall–Kier alpha value is -3.30. The van der Waals surface area contributed by atoms with Crippen LogP contribution in [0, 0.1) is 0 Å². The summed E-state index contributed by atoms with van der Waals surface area (Å²) in [5, 5.41) is 3.82. The van der Waals surface area contributed by atoms with Crippen molar-refractivity contribution in [1.82, 2.24) is 24.5 Å². The summed E-state index contributed by atoms with van der Waals surface area (Å²) in [6, 6.07) is 6.51. The predicted octanol–water partition coefficient (Wildman–Crippen LogP) is 2.85. The highest BCUT2D eigenvalue weighted by atomic mass is 19.3. The van der Waals surface area contributed by atoms with Gasteiger partial charge in [0.15, 0.2) is 11.5 Å². The molecule has 1 fully saturated rings. The molecule has 1 amide bonds. The molecule has 0 bridgehead atoms. The van der Waals surface area contributed by atoms with Gasteiger partial charge < -0.3 is 14.4 Å². The van der Waals surface area contributed by atoms with Crippen LogP contribution < -0.4 is 9.47 Å². The summed E-state index contributed by atoms with van der Waals surface area (Å²) in [7, 11) is 0. The fraction of sp³-hybridized carbons (Fsp3) is 0.400. The topological polar surface area (TPSA) is 81.9 Å². The average Bonchev–Trinajstić information content (AvgIpc) is 3.26. The first-order valence-corrected chi connectivity index (χ1v) is 9.78. The molecule has 2 aromatic heterocycles. The molecule has 0 saturated carbocycles. The van der Waals surface area contributed by atoms with Crippen LogP contribution in [-0.4, -0.2) is 56.7 Å². The van der Waals surface area contributed by atoms with Crippen LogP contribution in [0.1, 0.15) is 46.9 Å². The molecule has 8 nitrogen and oxygen atoms in total. The number of aromatic nitrogens is 4. The Balaban J connectivity index is 1.40. The summed E-state index contributed by atoms with van der Waals surface area (Å²) in [6.07, 6.45) is 0.0152. The van der Waals surface area contributed by atoms with Gasteiger partial charge >= 0.3 is 0 Å². The van der Waals surface area contributed by atoms with Gasteiger partial charge in [-0.15, -0.1) is 0 Å². The Morgan fingerprint density at radius 3 is 2.83 bits per heavy atom. The lowest BCUT2D eigenvalue weighted by Gasteiger charge is -2.33. The fourth-order valence-corrected chi connectivity index (χ4v) is 3.98. The van der Waals surface area contributed by atoms with Gasteiger partial charge in [-0.05, 0) is 37.1 Å². The Labute approximate surface area is 170 Å². The number of piperidine rings is 1. The van der Waals surface area contributed by atoms with Crippen molar-refractivity contribution in [2.24, 2.45) is 0 Å². The molecule has 5 rings (SSSR count). The molecule has 0 N–H and O–H groups in total. The van der Waals surface area contributed by atoms with E-state index < -0.39 is 6.43 Å². The maximum absolute atomic E-state index is 13.5. The Morgan fingerprint density at radius 2 is 2.00 bits per heavy atom. The molecule has 1 aromatic carbocycles. The average molecular weight is 415 g/mol. The molecule has 1 atom stereocenters. The number of likely N-dealkylation sites (tertiary alicyclic amines) is 1. The third-order valence-corrected chi connectivity index (χ3v) is 5.44. The number of halogens is 2. The van der Waals surface area contributed by atoms with Crippen molar-refractivity contribution in [3.8, 4) is 11.5 Å². The number of carbonyl (C=O) groups excluding carboxylic acids is 1. The number of alkyl halides is 2. The third kappa shape index (κ3) is 3.31. The Bertz CT molecular complexity index is 1100. The first kappa shape index (κ1) is 18.7. The lowest BCUT2D eigenvalue weighted by molar-refractivity contribution is 0.0704. The normalized spacial score (nSPS) is 18.8. The number of amides is 1. The van der Waals surface area contributed by atoms with Gasteiger partial charge in [-0.1, -0.05) is 0 Å². The fourth-order valence-electron chi connectivity index (χ4n) is 3.98. The summed E-state index contributed by atoms with van der Waals surface area (Å²) >= 11 is 0. The molecule has 156 valence electrons. The number of benzene rings is 1. The van der Waals surface area contributed by atoms with E-state index in [1.54, 1.807) is 23.1 Å². The minimum Gasteiger partial charge on any atom is -0.486 e. The second kappa shape index (κ2) is 7.51. The van der Waals surface area contributed by atoms with Gasteiger partial charge in [0.05, 0.1) is 5.69 Å². The van der Waals surface area contributed by atoms with Crippen LogP contribution in [-0.2, 0) is 0 Å². The zero-order valence-corrected chi connectivity index (χ0v) is 16.0. The number of carbonyl (C=O) groups is 1. The van der Waals surface area contributed by atoms with E-state index in [2.05, 4.69) is 15.1 Å². The Morgan fingerprint density at radius 1 is 1.17 bits per heavy atom. The Kier molecular flexibility index (Phi) is 4.68. The second-order valence-corrected chi connectivity index (χ2v) is 7.33. The minimum absolute atomic E-state index is 0.130. The van der Waals surface area contributed by atoms with E-state index in [1.807, 2.05) is 0 Å². The smallest absolute Gasteiger partial charge is 0.280 e. The summed E-state index contributed by atoms with van der Waals surface area (Å²) in [5.74, 6) is 1.03. The van der Waals surface area contributed by atoms with E-state index in [9.17, 15) is 13.6 Å². The maximum atomic E-state index is 13.5. The highest BCUT2D eigenvalue weighted by Crippen LogP contribution is 2.33. The van der Waals surface area contributed by atoms with Crippen LogP contribution in [0.5, 0.6) is 11.5 Å². The molecule has 1 unspecified atom stereocenters. The van der Waals surface area contributed by atoms with Gasteiger partial charge in [-0.2, -0.15) is 14.6 Å². The molecular formula is C20H19F2N5O3. The summed E-state index contributed by atoms with van der Waals surface area (Å²) in [4.78, 5) is 23.2. The molecule has 2 aliphatic heterocycles. The van der Waals surface area contributed by atoms with Crippen LogP contribution in [0.3, 0.4) is 0 Å². The monoisotopic (exact) mass is 415 g/mol. The summed E-state index contributed by atoms with van der Waals surface area (Å²) in [5.41, 5.74) is 0.766. The van der Waals surface area contributed by atoms with Crippen LogP contribution in [0.15, 0.2) is 30.6 Å². The molecule has 10 heteroatoms. The molecular weight excluding hydrogens is 396 g/mol. The van der Waals surface area contributed by atoms with Gasteiger partial charge in [0, 0.05) is 24.6 Å². The van der Waals surface area contributed by atoms with Gasteiger partial charge in [-0.3, -0.25) is 4.79 Å². The number of rotatable bonds is 3. The minimum atomic E-state index is -2.70. The molecule has 2 aliphatic rings. The van der Waals surface area contributed by atoms with Crippen LogP contribution in [0.4, 0.5) is 8.78 Å². The van der Waals surface area contributed by atoms with Gasteiger partial charge in [-0.25, -0.2) is 13.8 Å². The largest absolute Gasteiger partial charge is 0.486 e. The molecule has 4 heterocycles. The van der Waals surface area contributed by atoms with Gasteiger partial charge in [0.1, 0.15) is 25.2 Å². The van der Waals surface area contributed by atoms with Crippen molar-refractivity contribution in [2.45, 2.75) is 25.2 Å². The molecule has 0 spiro atoms. The first-order valence-electron chi connectivity index (χ1n) is 9.78. The van der Waals surface area contributed by atoms with Crippen LogP contribution >= 0.6 is 0 Å². The standard InChI is InChI=1S/C20H19F2N5O3/c21-18(22)15-9-14(25-20-23-11-24-27(15)20)13-2-1-5-26(10-13)19(28)12-3-4-16-17(8-12)30-7-6-29-16/h3-4,8-9,11,13,18H,1-2,5-7,10H2. The quantitative estimate of drug-likeness (QED) is 0.654. The van der Waals surface area contributed by atoms with E-state index in [0.717, 1.165) is 17.4 Å². The van der Waals surface area contributed by atoms with E-state index in [4.69, 9.17) is 9.47 Å². The number of nitrogens with zero attached hydrogens (tertiary/aromatic N) is 5. The molecule has 30 heavy (non-hydrogen) atoms. The van der Waals surface area contributed by atoms with E-state index >= 15 is 0 Å². The molecule has 0 aliphatic carbocycles. The summed E-state index contributed by atoms with van der Waals surface area (Å²) in [6.45, 7) is 1.92. The van der Waals surface area contributed by atoms with Crippen molar-refractivity contribution in [2.75, 3.05) is 26.3 Å². The van der Waals surface area contributed by atoms with Crippen molar-refractivity contribution >= 4 is 11.7 Å². The van der Waals surface area contributed by atoms with Crippen molar-refractivity contribution in [3.63, 3.8) is 0 Å². The van der Waals surface area contributed by atoms with Crippen molar-refractivity contribution < 1.29 is 23.0 Å². The first-order chi connectivity index (χ1) is 14.6. The van der Waals surface area contributed by atoms with Gasteiger partial charge in [0.25, 0.3) is 18.1 Å². The van der Waals surface area contributed by atoms with Crippen molar-refractivity contribution in [1.29, 1.82) is 0 Å². The third-order valence-electron chi connectivity index (χ3n) is 5.44. The maximum Gasteiger partial charge on any atom is 0.280 e. The summed E-state index contributed by atoms with van der Waals surface area (Å²) < 4.78 is 39.1. The number of hydrogen-bond acceptors (Lipinski definition) is 6. The lowest BCUT2D eigenvalue weighted by Crippen LogP contribution is -2.39. The number of ether oxygens (including phenoxy) is 2. The molecule has 1 saturated heterocycles. The zero-order valence-electron chi connectivity index (χ0n) is 16.0. The molecule has 3 aromatic rings. The van der Waals surface area contributed by atoms with Crippen LogP contribution in [0.2, 0.25) is 0 Å². The zero-order chi connectivity index (χ0) is 20.7. The van der Waals surface area contributed by atoms with E-state index in [1.165, 1.54) is 12.4 Å². The second-order valence-electron chi connectivity index (χ2n) is 7.33. The van der Waals surface area contributed by atoms with E-state index in [-0.39, 0.29) is 23.3 Å². The molecule has 0 radical (unpaired) electrons.